The van der Waals surface area contributed by atoms with Crippen LogP contribution < -0.4 is 10.6 Å². The third-order valence-corrected chi connectivity index (χ3v) is 5.27. The van der Waals surface area contributed by atoms with Crippen molar-refractivity contribution >= 4 is 11.8 Å². The molecule has 1 saturated heterocycles. The molecule has 2 aromatic carbocycles. The number of benzene rings is 2. The molecule has 2 amide bonds. The van der Waals surface area contributed by atoms with E-state index in [-0.39, 0.29) is 36.6 Å². The number of carbonyl (C=O) groups excluding carboxylic acids is 2. The van der Waals surface area contributed by atoms with Crippen LogP contribution in [0.15, 0.2) is 54.6 Å². The molecule has 0 aliphatic carbocycles. The minimum atomic E-state index is -0.382. The summed E-state index contributed by atoms with van der Waals surface area (Å²) >= 11 is 0. The Balaban J connectivity index is 1.53. The molecule has 6 nitrogen and oxygen atoms in total. The van der Waals surface area contributed by atoms with E-state index in [0.29, 0.717) is 5.56 Å². The summed E-state index contributed by atoms with van der Waals surface area (Å²) < 4.78 is 13.2. The van der Waals surface area contributed by atoms with Crippen molar-refractivity contribution in [2.75, 3.05) is 46.3 Å². The Hall–Kier alpha value is -2.77. The van der Waals surface area contributed by atoms with Gasteiger partial charge in [-0.2, -0.15) is 0 Å². The topological polar surface area (TPSA) is 64.7 Å². The van der Waals surface area contributed by atoms with Gasteiger partial charge in [-0.15, -0.1) is 0 Å². The van der Waals surface area contributed by atoms with Gasteiger partial charge in [0.1, 0.15) is 5.82 Å². The molecule has 30 heavy (non-hydrogen) atoms. The molecule has 3 rings (SSSR count). The standard InChI is InChI=1S/C23H29FN4O2/c1-27-10-12-28(13-11-27)17-21(19-7-3-2-4-8-19)26-23(30)16-25-22(29)15-18-6-5-9-20(24)14-18/h2-9,14,21H,10-13,15-17H2,1H3,(H,25,29)(H,26,30). The van der Waals surface area contributed by atoms with Crippen LogP contribution in [0.4, 0.5) is 4.39 Å². The first-order valence-corrected chi connectivity index (χ1v) is 10.3. The van der Waals surface area contributed by atoms with Gasteiger partial charge in [-0.25, -0.2) is 4.39 Å². The zero-order chi connectivity index (χ0) is 21.3. The lowest BCUT2D eigenvalue weighted by molar-refractivity contribution is -0.126. The summed E-state index contributed by atoms with van der Waals surface area (Å²) in [5.41, 5.74) is 1.61. The molecule has 0 radical (unpaired) electrons. The molecule has 1 atom stereocenters. The van der Waals surface area contributed by atoms with E-state index in [9.17, 15) is 14.0 Å². The van der Waals surface area contributed by atoms with Crippen LogP contribution in [0.3, 0.4) is 0 Å². The molecule has 1 heterocycles. The average Bonchev–Trinajstić information content (AvgIpc) is 2.74. The fourth-order valence-corrected chi connectivity index (χ4v) is 3.53. The van der Waals surface area contributed by atoms with Gasteiger partial charge in [-0.1, -0.05) is 42.5 Å². The van der Waals surface area contributed by atoms with Gasteiger partial charge in [0.15, 0.2) is 0 Å². The smallest absolute Gasteiger partial charge is 0.239 e. The van der Waals surface area contributed by atoms with Gasteiger partial charge in [-0.05, 0) is 30.3 Å². The molecule has 160 valence electrons. The minimum absolute atomic E-state index is 0.0362. The molecule has 0 bridgehead atoms. The van der Waals surface area contributed by atoms with Gasteiger partial charge in [0.2, 0.25) is 11.8 Å². The zero-order valence-corrected chi connectivity index (χ0v) is 17.3. The number of hydrogen-bond acceptors (Lipinski definition) is 4. The van der Waals surface area contributed by atoms with Crippen molar-refractivity contribution in [2.24, 2.45) is 0 Å². The highest BCUT2D eigenvalue weighted by Gasteiger charge is 2.21. The van der Waals surface area contributed by atoms with Crippen molar-refractivity contribution in [3.05, 3.63) is 71.5 Å². The second kappa shape index (κ2) is 10.8. The van der Waals surface area contributed by atoms with Crippen LogP contribution in [0.5, 0.6) is 0 Å². The third-order valence-electron chi connectivity index (χ3n) is 5.27. The number of nitrogens with zero attached hydrogens (tertiary/aromatic N) is 2. The summed E-state index contributed by atoms with van der Waals surface area (Å²) in [4.78, 5) is 29.3. The maximum absolute atomic E-state index is 13.2. The first-order valence-electron chi connectivity index (χ1n) is 10.3. The van der Waals surface area contributed by atoms with E-state index in [0.717, 1.165) is 38.3 Å². The Morgan fingerprint density at radius 1 is 1.00 bits per heavy atom. The lowest BCUT2D eigenvalue weighted by atomic mass is 10.1. The first kappa shape index (κ1) is 21.9. The van der Waals surface area contributed by atoms with Gasteiger partial charge < -0.3 is 15.5 Å². The normalized spacial score (nSPS) is 16.1. The summed E-state index contributed by atoms with van der Waals surface area (Å²) in [6.07, 6.45) is 0.0362. The number of likely N-dealkylation sites (N-methyl/N-ethyl adjacent to an activating group) is 1. The van der Waals surface area contributed by atoms with Crippen LogP contribution >= 0.6 is 0 Å². The number of carbonyl (C=O) groups is 2. The second-order valence-electron chi connectivity index (χ2n) is 7.72. The van der Waals surface area contributed by atoms with E-state index in [4.69, 9.17) is 0 Å². The van der Waals surface area contributed by atoms with E-state index in [1.807, 2.05) is 30.3 Å². The molecular formula is C23H29FN4O2. The Labute approximate surface area is 177 Å². The highest BCUT2D eigenvalue weighted by atomic mass is 19.1. The third kappa shape index (κ3) is 6.93. The number of hydrogen-bond donors (Lipinski definition) is 2. The number of piperazine rings is 1. The molecule has 0 aromatic heterocycles. The molecular weight excluding hydrogens is 383 g/mol. The fraction of sp³-hybridized carbons (Fsp3) is 0.391. The SMILES string of the molecule is CN1CCN(CC(NC(=O)CNC(=O)Cc2cccc(F)c2)c2ccccc2)CC1. The summed E-state index contributed by atoms with van der Waals surface area (Å²) in [7, 11) is 2.11. The maximum atomic E-state index is 13.2. The van der Waals surface area contributed by atoms with E-state index < -0.39 is 0 Å². The van der Waals surface area contributed by atoms with Gasteiger partial charge in [0.25, 0.3) is 0 Å². The molecule has 7 heteroatoms. The minimum Gasteiger partial charge on any atom is -0.347 e. The lowest BCUT2D eigenvalue weighted by Gasteiger charge is -2.35. The van der Waals surface area contributed by atoms with Crippen molar-refractivity contribution in [1.82, 2.24) is 20.4 Å². The second-order valence-corrected chi connectivity index (χ2v) is 7.72. The van der Waals surface area contributed by atoms with E-state index in [1.54, 1.807) is 12.1 Å². The average molecular weight is 413 g/mol. The quantitative estimate of drug-likeness (QED) is 0.691. The maximum Gasteiger partial charge on any atom is 0.239 e. The Morgan fingerprint density at radius 2 is 1.73 bits per heavy atom. The molecule has 0 spiro atoms. The summed E-state index contributed by atoms with van der Waals surface area (Å²) in [6.45, 7) is 4.54. The molecule has 2 N–H and O–H groups in total. The highest BCUT2D eigenvalue weighted by molar-refractivity contribution is 5.85. The fourth-order valence-electron chi connectivity index (χ4n) is 3.53. The number of nitrogens with one attached hydrogen (secondary N) is 2. The van der Waals surface area contributed by atoms with Crippen molar-refractivity contribution in [2.45, 2.75) is 12.5 Å². The number of halogens is 1. The van der Waals surface area contributed by atoms with Crippen molar-refractivity contribution < 1.29 is 14.0 Å². The Morgan fingerprint density at radius 3 is 2.43 bits per heavy atom. The van der Waals surface area contributed by atoms with Crippen molar-refractivity contribution in [1.29, 1.82) is 0 Å². The van der Waals surface area contributed by atoms with Gasteiger partial charge >= 0.3 is 0 Å². The van der Waals surface area contributed by atoms with Gasteiger partial charge in [0, 0.05) is 32.7 Å². The zero-order valence-electron chi connectivity index (χ0n) is 17.3. The first-order chi connectivity index (χ1) is 14.5. The predicted octanol–water partition coefficient (Wildman–Crippen LogP) is 1.59. The van der Waals surface area contributed by atoms with Crippen LogP contribution in [-0.4, -0.2) is 67.9 Å². The monoisotopic (exact) mass is 412 g/mol. The predicted molar refractivity (Wildman–Crippen MR) is 114 cm³/mol. The Bertz CT molecular complexity index is 838. The van der Waals surface area contributed by atoms with Crippen molar-refractivity contribution in [3.8, 4) is 0 Å². The Kier molecular flexibility index (Phi) is 7.93. The van der Waals surface area contributed by atoms with Gasteiger partial charge in [-0.3, -0.25) is 14.5 Å². The molecule has 1 aliphatic heterocycles. The highest BCUT2D eigenvalue weighted by Crippen LogP contribution is 2.15. The molecule has 1 fully saturated rings. The van der Waals surface area contributed by atoms with E-state index in [2.05, 4.69) is 27.5 Å². The molecule has 2 aromatic rings. The summed E-state index contributed by atoms with van der Waals surface area (Å²) in [5.74, 6) is -0.940. The number of amides is 2. The lowest BCUT2D eigenvalue weighted by Crippen LogP contribution is -2.48. The largest absolute Gasteiger partial charge is 0.347 e. The molecule has 1 unspecified atom stereocenters. The number of rotatable bonds is 8. The molecule has 1 aliphatic rings. The van der Waals surface area contributed by atoms with Crippen LogP contribution in [-0.2, 0) is 16.0 Å². The van der Waals surface area contributed by atoms with Crippen LogP contribution in [0.2, 0.25) is 0 Å². The van der Waals surface area contributed by atoms with E-state index in [1.165, 1.54) is 12.1 Å². The van der Waals surface area contributed by atoms with E-state index >= 15 is 0 Å². The van der Waals surface area contributed by atoms with Crippen LogP contribution in [0.1, 0.15) is 17.2 Å². The summed E-state index contributed by atoms with van der Waals surface area (Å²) in [5, 5.41) is 5.67. The van der Waals surface area contributed by atoms with Crippen LogP contribution in [0, 0.1) is 5.82 Å². The molecule has 0 saturated carbocycles. The van der Waals surface area contributed by atoms with Crippen molar-refractivity contribution in [3.63, 3.8) is 0 Å². The van der Waals surface area contributed by atoms with Crippen LogP contribution in [0.25, 0.3) is 0 Å². The summed E-state index contributed by atoms with van der Waals surface area (Å²) in [6, 6.07) is 15.6. The van der Waals surface area contributed by atoms with Gasteiger partial charge in [0.05, 0.1) is 19.0 Å².